The van der Waals surface area contributed by atoms with Crippen LogP contribution in [0, 0.1) is 12.8 Å². The second-order valence-electron chi connectivity index (χ2n) is 5.38. The molecule has 1 unspecified atom stereocenters. The van der Waals surface area contributed by atoms with Crippen LogP contribution in [-0.4, -0.2) is 13.7 Å². The summed E-state index contributed by atoms with van der Waals surface area (Å²) in [4.78, 5) is 0. The lowest BCUT2D eigenvalue weighted by Gasteiger charge is -2.21. The summed E-state index contributed by atoms with van der Waals surface area (Å²) in [5.41, 5.74) is 2.57. The van der Waals surface area contributed by atoms with Crippen LogP contribution in [0.4, 0.5) is 0 Å². The van der Waals surface area contributed by atoms with Gasteiger partial charge in [0.05, 0.1) is 7.11 Å². The van der Waals surface area contributed by atoms with Crippen LogP contribution in [0.15, 0.2) is 18.2 Å². The SMILES string of the molecule is CCNC(CCC1CC1)c1ccc(C)cc1OC. The molecular weight excluding hydrogens is 222 g/mol. The molecule has 0 bridgehead atoms. The average molecular weight is 247 g/mol. The Balaban J connectivity index is 2.11. The van der Waals surface area contributed by atoms with Gasteiger partial charge in [-0.1, -0.05) is 31.9 Å². The van der Waals surface area contributed by atoms with Gasteiger partial charge in [-0.2, -0.15) is 0 Å². The summed E-state index contributed by atoms with van der Waals surface area (Å²) in [6, 6.07) is 6.97. The lowest BCUT2D eigenvalue weighted by molar-refractivity contribution is 0.392. The molecule has 2 heteroatoms. The van der Waals surface area contributed by atoms with Crippen LogP contribution in [0.3, 0.4) is 0 Å². The van der Waals surface area contributed by atoms with Crippen molar-refractivity contribution in [1.29, 1.82) is 0 Å². The van der Waals surface area contributed by atoms with Crippen LogP contribution >= 0.6 is 0 Å². The Morgan fingerprint density at radius 2 is 2.17 bits per heavy atom. The van der Waals surface area contributed by atoms with Gasteiger partial charge in [0.15, 0.2) is 0 Å². The van der Waals surface area contributed by atoms with Gasteiger partial charge in [0.25, 0.3) is 0 Å². The summed E-state index contributed by atoms with van der Waals surface area (Å²) in [5.74, 6) is 2.01. The van der Waals surface area contributed by atoms with Gasteiger partial charge in [0, 0.05) is 11.6 Å². The number of methoxy groups -OCH3 is 1. The minimum Gasteiger partial charge on any atom is -0.496 e. The molecule has 0 heterocycles. The molecule has 1 aliphatic rings. The van der Waals surface area contributed by atoms with E-state index in [1.807, 2.05) is 0 Å². The van der Waals surface area contributed by atoms with E-state index in [1.165, 1.54) is 36.8 Å². The summed E-state index contributed by atoms with van der Waals surface area (Å²) < 4.78 is 5.54. The Morgan fingerprint density at radius 1 is 1.39 bits per heavy atom. The molecule has 1 saturated carbocycles. The smallest absolute Gasteiger partial charge is 0.123 e. The lowest BCUT2D eigenvalue weighted by atomic mass is 9.98. The van der Waals surface area contributed by atoms with Crippen molar-refractivity contribution >= 4 is 0 Å². The van der Waals surface area contributed by atoms with Crippen LogP contribution in [0.1, 0.15) is 49.8 Å². The van der Waals surface area contributed by atoms with Crippen molar-refractivity contribution in [3.05, 3.63) is 29.3 Å². The number of hydrogen-bond acceptors (Lipinski definition) is 2. The van der Waals surface area contributed by atoms with Crippen molar-refractivity contribution < 1.29 is 4.74 Å². The molecule has 1 N–H and O–H groups in total. The van der Waals surface area contributed by atoms with Crippen molar-refractivity contribution in [2.45, 2.75) is 45.6 Å². The molecule has 2 rings (SSSR count). The third kappa shape index (κ3) is 3.49. The zero-order valence-corrected chi connectivity index (χ0v) is 11.8. The molecule has 0 radical (unpaired) electrons. The van der Waals surface area contributed by atoms with E-state index in [9.17, 15) is 0 Å². The minimum absolute atomic E-state index is 0.436. The third-order valence-corrected chi connectivity index (χ3v) is 3.78. The molecule has 0 saturated heterocycles. The maximum absolute atomic E-state index is 5.54. The number of nitrogens with one attached hydrogen (secondary N) is 1. The Morgan fingerprint density at radius 3 is 2.78 bits per heavy atom. The molecule has 1 atom stereocenters. The maximum atomic E-state index is 5.54. The molecule has 1 aliphatic carbocycles. The zero-order valence-electron chi connectivity index (χ0n) is 11.8. The quantitative estimate of drug-likeness (QED) is 0.790. The highest BCUT2D eigenvalue weighted by molar-refractivity contribution is 5.39. The third-order valence-electron chi connectivity index (χ3n) is 3.78. The topological polar surface area (TPSA) is 21.3 Å². The number of hydrogen-bond donors (Lipinski definition) is 1. The average Bonchev–Trinajstić information content (AvgIpc) is 3.18. The standard InChI is InChI=1S/C16H25NO/c1-4-17-15(10-8-13-6-7-13)14-9-5-12(2)11-16(14)18-3/h5,9,11,13,15,17H,4,6-8,10H2,1-3H3. The molecule has 1 fully saturated rings. The molecule has 0 aliphatic heterocycles. The van der Waals surface area contributed by atoms with Crippen LogP contribution in [-0.2, 0) is 0 Å². The summed E-state index contributed by atoms with van der Waals surface area (Å²) in [6.45, 7) is 5.29. The summed E-state index contributed by atoms with van der Waals surface area (Å²) in [7, 11) is 1.77. The van der Waals surface area contributed by atoms with E-state index in [0.29, 0.717) is 6.04 Å². The molecule has 18 heavy (non-hydrogen) atoms. The van der Waals surface area contributed by atoms with Crippen LogP contribution in [0.5, 0.6) is 5.75 Å². The van der Waals surface area contributed by atoms with E-state index in [2.05, 4.69) is 37.4 Å². The van der Waals surface area contributed by atoms with Gasteiger partial charge in [0.2, 0.25) is 0 Å². The Bertz CT molecular complexity index is 385. The summed E-state index contributed by atoms with van der Waals surface area (Å²) in [5, 5.41) is 3.60. The molecule has 2 nitrogen and oxygen atoms in total. The Labute approximate surface area is 111 Å². The zero-order chi connectivity index (χ0) is 13.0. The number of rotatable bonds is 7. The first kappa shape index (κ1) is 13.4. The van der Waals surface area contributed by atoms with Gasteiger partial charge in [-0.25, -0.2) is 0 Å². The van der Waals surface area contributed by atoms with E-state index in [4.69, 9.17) is 4.74 Å². The largest absolute Gasteiger partial charge is 0.496 e. The van der Waals surface area contributed by atoms with E-state index >= 15 is 0 Å². The van der Waals surface area contributed by atoms with E-state index in [1.54, 1.807) is 7.11 Å². The highest BCUT2D eigenvalue weighted by Crippen LogP contribution is 2.37. The first-order chi connectivity index (χ1) is 8.74. The number of aryl methyl sites for hydroxylation is 1. The van der Waals surface area contributed by atoms with Gasteiger partial charge in [-0.15, -0.1) is 0 Å². The molecule has 1 aromatic carbocycles. The Hall–Kier alpha value is -1.02. The highest BCUT2D eigenvalue weighted by atomic mass is 16.5. The normalized spacial score (nSPS) is 16.6. The molecule has 0 amide bonds. The van der Waals surface area contributed by atoms with Crippen LogP contribution in [0.25, 0.3) is 0 Å². The van der Waals surface area contributed by atoms with Gasteiger partial charge >= 0.3 is 0 Å². The van der Waals surface area contributed by atoms with Crippen molar-refractivity contribution in [2.24, 2.45) is 5.92 Å². The molecule has 0 aromatic heterocycles. The van der Waals surface area contributed by atoms with Gasteiger partial charge in [-0.3, -0.25) is 0 Å². The molecular formula is C16H25NO. The highest BCUT2D eigenvalue weighted by Gasteiger charge is 2.23. The molecule has 0 spiro atoms. The molecule has 1 aromatic rings. The lowest BCUT2D eigenvalue weighted by Crippen LogP contribution is -2.21. The summed E-state index contributed by atoms with van der Waals surface area (Å²) >= 11 is 0. The second-order valence-corrected chi connectivity index (χ2v) is 5.38. The predicted octanol–water partition coefficient (Wildman–Crippen LogP) is 3.84. The van der Waals surface area contributed by atoms with Crippen molar-refractivity contribution in [3.63, 3.8) is 0 Å². The fourth-order valence-corrected chi connectivity index (χ4v) is 2.53. The van der Waals surface area contributed by atoms with E-state index < -0.39 is 0 Å². The fraction of sp³-hybridized carbons (Fsp3) is 0.625. The monoisotopic (exact) mass is 247 g/mol. The van der Waals surface area contributed by atoms with Crippen molar-refractivity contribution in [3.8, 4) is 5.75 Å². The number of ether oxygens (including phenoxy) is 1. The van der Waals surface area contributed by atoms with Gasteiger partial charge in [0.1, 0.15) is 5.75 Å². The Kier molecular flexibility index (Phi) is 4.65. The first-order valence-electron chi connectivity index (χ1n) is 7.12. The minimum atomic E-state index is 0.436. The fourth-order valence-electron chi connectivity index (χ4n) is 2.53. The van der Waals surface area contributed by atoms with Crippen LogP contribution in [0.2, 0.25) is 0 Å². The van der Waals surface area contributed by atoms with Crippen molar-refractivity contribution in [1.82, 2.24) is 5.32 Å². The van der Waals surface area contributed by atoms with Crippen molar-refractivity contribution in [2.75, 3.05) is 13.7 Å². The second kappa shape index (κ2) is 6.24. The summed E-state index contributed by atoms with van der Waals surface area (Å²) in [6.07, 6.45) is 5.43. The maximum Gasteiger partial charge on any atom is 0.123 e. The predicted molar refractivity (Wildman–Crippen MR) is 76.1 cm³/mol. The van der Waals surface area contributed by atoms with Gasteiger partial charge < -0.3 is 10.1 Å². The van der Waals surface area contributed by atoms with E-state index in [-0.39, 0.29) is 0 Å². The molecule has 100 valence electrons. The van der Waals surface area contributed by atoms with E-state index in [0.717, 1.165) is 18.2 Å². The van der Waals surface area contributed by atoms with Crippen LogP contribution < -0.4 is 10.1 Å². The van der Waals surface area contributed by atoms with Gasteiger partial charge in [-0.05, 0) is 43.9 Å². The first-order valence-corrected chi connectivity index (χ1v) is 7.12. The number of benzene rings is 1.